The van der Waals surface area contributed by atoms with Gasteiger partial charge < -0.3 is 19.7 Å². The van der Waals surface area contributed by atoms with Crippen molar-refractivity contribution in [3.63, 3.8) is 0 Å². The van der Waals surface area contributed by atoms with Crippen molar-refractivity contribution in [2.45, 2.75) is 31.8 Å². The van der Waals surface area contributed by atoms with E-state index in [1.807, 2.05) is 59.5 Å². The quantitative estimate of drug-likeness (QED) is 0.843. The number of ether oxygens (including phenoxy) is 2. The van der Waals surface area contributed by atoms with Gasteiger partial charge in [0.25, 0.3) is 5.91 Å². The van der Waals surface area contributed by atoms with Gasteiger partial charge >= 0.3 is 0 Å². The van der Waals surface area contributed by atoms with E-state index in [2.05, 4.69) is 5.32 Å². The molecule has 0 aliphatic carbocycles. The van der Waals surface area contributed by atoms with Gasteiger partial charge in [0.15, 0.2) is 11.5 Å². The summed E-state index contributed by atoms with van der Waals surface area (Å²) >= 11 is 0. The van der Waals surface area contributed by atoms with Crippen molar-refractivity contribution in [2.24, 2.45) is 5.92 Å². The summed E-state index contributed by atoms with van der Waals surface area (Å²) in [4.78, 5) is 26.8. The van der Waals surface area contributed by atoms with Crippen molar-refractivity contribution in [3.8, 4) is 11.5 Å². The number of piperidine rings is 1. The zero-order chi connectivity index (χ0) is 20.1. The van der Waals surface area contributed by atoms with Crippen LogP contribution >= 0.6 is 0 Å². The van der Waals surface area contributed by atoms with Crippen LogP contribution < -0.4 is 14.8 Å². The van der Waals surface area contributed by atoms with E-state index in [9.17, 15) is 9.59 Å². The lowest BCUT2D eigenvalue weighted by molar-refractivity contribution is -0.142. The van der Waals surface area contributed by atoms with Crippen LogP contribution in [0.25, 0.3) is 0 Å². The molecule has 2 amide bonds. The Morgan fingerprint density at radius 3 is 2.41 bits per heavy atom. The van der Waals surface area contributed by atoms with E-state index in [1.54, 1.807) is 0 Å². The van der Waals surface area contributed by atoms with Crippen LogP contribution in [0.4, 0.5) is 5.69 Å². The molecule has 0 radical (unpaired) electrons. The largest absolute Gasteiger partial charge is 0.485 e. The highest BCUT2D eigenvalue weighted by molar-refractivity contribution is 5.90. The van der Waals surface area contributed by atoms with Crippen LogP contribution in [0.1, 0.15) is 25.7 Å². The number of carbonyl (C=O) groups is 2. The summed E-state index contributed by atoms with van der Waals surface area (Å²) in [6, 6.07) is 16.9. The second-order valence-electron chi connectivity index (χ2n) is 7.59. The van der Waals surface area contributed by atoms with Crippen LogP contribution in [0.15, 0.2) is 54.6 Å². The minimum atomic E-state index is -0.585. The molecule has 1 fully saturated rings. The van der Waals surface area contributed by atoms with Gasteiger partial charge in [-0.15, -0.1) is 0 Å². The Hall–Kier alpha value is -3.02. The number of hydrogen-bond donors (Lipinski definition) is 1. The summed E-state index contributed by atoms with van der Waals surface area (Å²) in [6.45, 7) is 1.64. The standard InChI is InChI=1S/C23H26N2O4/c26-22(24-18-6-2-1-3-7-18)11-10-17-12-14-25(15-13-17)23(27)21-16-28-19-8-4-5-9-20(19)29-21/h1-9,17,21H,10-16H2,(H,24,26). The molecule has 2 aromatic rings. The van der Waals surface area contributed by atoms with Gasteiger partial charge in [0.05, 0.1) is 0 Å². The first kappa shape index (κ1) is 19.3. The van der Waals surface area contributed by atoms with Gasteiger partial charge in [-0.2, -0.15) is 0 Å². The van der Waals surface area contributed by atoms with E-state index in [1.165, 1.54) is 0 Å². The molecule has 1 saturated heterocycles. The lowest BCUT2D eigenvalue weighted by Crippen LogP contribution is -2.49. The second-order valence-corrected chi connectivity index (χ2v) is 7.59. The van der Waals surface area contributed by atoms with Gasteiger partial charge in [0.1, 0.15) is 6.61 Å². The van der Waals surface area contributed by atoms with Gasteiger partial charge in [-0.3, -0.25) is 9.59 Å². The summed E-state index contributed by atoms with van der Waals surface area (Å²) in [5, 5.41) is 2.93. The minimum absolute atomic E-state index is 0.0141. The van der Waals surface area contributed by atoms with E-state index in [0.717, 1.165) is 24.9 Å². The maximum absolute atomic E-state index is 12.8. The summed E-state index contributed by atoms with van der Waals surface area (Å²) in [6.07, 6.45) is 2.59. The first-order valence-corrected chi connectivity index (χ1v) is 10.2. The summed E-state index contributed by atoms with van der Waals surface area (Å²) < 4.78 is 11.5. The highest BCUT2D eigenvalue weighted by Crippen LogP contribution is 2.32. The maximum Gasteiger partial charge on any atom is 0.267 e. The van der Waals surface area contributed by atoms with Gasteiger partial charge in [-0.25, -0.2) is 0 Å². The number of rotatable bonds is 5. The van der Waals surface area contributed by atoms with Crippen LogP contribution in [-0.2, 0) is 9.59 Å². The van der Waals surface area contributed by atoms with Gasteiger partial charge in [-0.1, -0.05) is 30.3 Å². The predicted octanol–water partition coefficient (Wildman–Crippen LogP) is 3.48. The molecule has 1 unspecified atom stereocenters. The van der Waals surface area contributed by atoms with Crippen molar-refractivity contribution < 1.29 is 19.1 Å². The van der Waals surface area contributed by atoms with E-state index in [-0.39, 0.29) is 18.4 Å². The van der Waals surface area contributed by atoms with E-state index in [4.69, 9.17) is 9.47 Å². The Labute approximate surface area is 170 Å². The number of amides is 2. The molecule has 2 aliphatic heterocycles. The molecule has 4 rings (SSSR count). The normalized spacial score (nSPS) is 18.9. The number of carbonyl (C=O) groups excluding carboxylic acids is 2. The van der Waals surface area contributed by atoms with Crippen LogP contribution in [0, 0.1) is 5.92 Å². The van der Waals surface area contributed by atoms with E-state index >= 15 is 0 Å². The third-order valence-electron chi connectivity index (χ3n) is 5.55. The van der Waals surface area contributed by atoms with E-state index < -0.39 is 6.10 Å². The molecule has 6 heteroatoms. The topological polar surface area (TPSA) is 67.9 Å². The van der Waals surface area contributed by atoms with Gasteiger partial charge in [0.2, 0.25) is 12.0 Å². The van der Waals surface area contributed by atoms with Crippen molar-refractivity contribution in [3.05, 3.63) is 54.6 Å². The number of nitrogens with zero attached hydrogens (tertiary/aromatic N) is 1. The molecular weight excluding hydrogens is 368 g/mol. The summed E-state index contributed by atoms with van der Waals surface area (Å²) in [5.41, 5.74) is 0.828. The third kappa shape index (κ3) is 4.88. The predicted molar refractivity (Wildman–Crippen MR) is 110 cm³/mol. The molecule has 0 bridgehead atoms. The highest BCUT2D eigenvalue weighted by atomic mass is 16.6. The molecule has 2 aliphatic rings. The van der Waals surface area contributed by atoms with Crippen LogP contribution in [0.2, 0.25) is 0 Å². The molecule has 29 heavy (non-hydrogen) atoms. The van der Waals surface area contributed by atoms with E-state index in [0.29, 0.717) is 36.9 Å². The van der Waals surface area contributed by atoms with Crippen LogP contribution in [0.5, 0.6) is 11.5 Å². The number of anilines is 1. The minimum Gasteiger partial charge on any atom is -0.485 e. The van der Waals surface area contributed by atoms with Gasteiger partial charge in [-0.05, 0) is 49.4 Å². The molecule has 152 valence electrons. The van der Waals surface area contributed by atoms with Crippen molar-refractivity contribution >= 4 is 17.5 Å². The zero-order valence-electron chi connectivity index (χ0n) is 16.4. The van der Waals surface area contributed by atoms with Crippen LogP contribution in [0.3, 0.4) is 0 Å². The number of para-hydroxylation sites is 3. The molecule has 1 N–H and O–H groups in total. The van der Waals surface area contributed by atoms with Gasteiger partial charge in [0, 0.05) is 25.2 Å². The van der Waals surface area contributed by atoms with Crippen LogP contribution in [-0.4, -0.2) is 42.5 Å². The molecule has 2 aromatic carbocycles. The first-order chi connectivity index (χ1) is 14.2. The zero-order valence-corrected chi connectivity index (χ0v) is 16.4. The monoisotopic (exact) mass is 394 g/mol. The lowest BCUT2D eigenvalue weighted by atomic mass is 9.92. The second kappa shape index (κ2) is 8.99. The molecule has 6 nitrogen and oxygen atoms in total. The maximum atomic E-state index is 12.8. The molecule has 2 heterocycles. The lowest BCUT2D eigenvalue weighted by Gasteiger charge is -2.35. The molecule has 0 saturated carbocycles. The Morgan fingerprint density at radius 2 is 1.66 bits per heavy atom. The SMILES string of the molecule is O=C(CCC1CCN(C(=O)C2COc3ccccc3O2)CC1)Nc1ccccc1. The summed E-state index contributed by atoms with van der Waals surface area (Å²) in [5.74, 6) is 1.80. The number of nitrogens with one attached hydrogen (secondary N) is 1. The Bertz CT molecular complexity index is 847. The van der Waals surface area contributed by atoms with Crippen molar-refractivity contribution in [1.82, 2.24) is 4.90 Å². The smallest absolute Gasteiger partial charge is 0.267 e. The molecule has 0 aromatic heterocycles. The fourth-order valence-electron chi connectivity index (χ4n) is 3.87. The number of benzene rings is 2. The number of fused-ring (bicyclic) bond motifs is 1. The summed E-state index contributed by atoms with van der Waals surface area (Å²) in [7, 11) is 0. The van der Waals surface area contributed by atoms with Crippen molar-refractivity contribution in [2.75, 3.05) is 25.0 Å². The molecular formula is C23H26N2O4. The Balaban J connectivity index is 1.20. The third-order valence-corrected chi connectivity index (χ3v) is 5.55. The Kier molecular flexibility index (Phi) is 5.98. The molecule has 0 spiro atoms. The number of hydrogen-bond acceptors (Lipinski definition) is 4. The fraction of sp³-hybridized carbons (Fsp3) is 0.391. The fourth-order valence-corrected chi connectivity index (χ4v) is 3.87. The Morgan fingerprint density at radius 1 is 0.966 bits per heavy atom. The van der Waals surface area contributed by atoms with Crippen molar-refractivity contribution in [1.29, 1.82) is 0 Å². The average Bonchev–Trinajstić information content (AvgIpc) is 2.78. The average molecular weight is 394 g/mol. The number of likely N-dealkylation sites (tertiary alicyclic amines) is 1. The first-order valence-electron chi connectivity index (χ1n) is 10.2. The molecule has 1 atom stereocenters. The highest BCUT2D eigenvalue weighted by Gasteiger charge is 2.33.